The molecule has 2 heterocycles. The first-order chi connectivity index (χ1) is 14.2. The molecule has 0 atom stereocenters. The molecule has 2 aromatic heterocycles. The largest absolute Gasteiger partial charge is 0.289 e. The Morgan fingerprint density at radius 1 is 1.14 bits per heavy atom. The van der Waals surface area contributed by atoms with Crippen molar-refractivity contribution in [3.05, 3.63) is 47.6 Å². The Labute approximate surface area is 173 Å². The van der Waals surface area contributed by atoms with Crippen molar-refractivity contribution in [2.24, 2.45) is 28.3 Å². The number of aromatic nitrogens is 2. The second-order valence-electron chi connectivity index (χ2n) is 9.16. The van der Waals surface area contributed by atoms with Crippen LogP contribution in [0.2, 0.25) is 0 Å². The number of amides is 1. The summed E-state index contributed by atoms with van der Waals surface area (Å²) in [6.45, 7) is 0. The summed E-state index contributed by atoms with van der Waals surface area (Å²) in [5.41, 5.74) is 5.58. The molecule has 1 amide bonds. The van der Waals surface area contributed by atoms with Gasteiger partial charge >= 0.3 is 0 Å². The fourth-order valence-corrected chi connectivity index (χ4v) is 7.12. The molecule has 1 aromatic carbocycles. The minimum Gasteiger partial charge on any atom is -0.289 e. The first-order valence-electron chi connectivity index (χ1n) is 10.5. The van der Waals surface area contributed by atoms with Crippen LogP contribution in [-0.4, -0.2) is 21.5 Å². The maximum absolute atomic E-state index is 13.1. The number of imidazole rings is 1. The van der Waals surface area contributed by atoms with E-state index in [0.717, 1.165) is 58.9 Å². The van der Waals surface area contributed by atoms with E-state index in [1.54, 1.807) is 17.6 Å². The number of nitrogens with one attached hydrogen (secondary N) is 1. The molecule has 0 aliphatic heterocycles. The number of nitrogens with zero attached hydrogens (tertiary/aromatic N) is 3. The number of hydrazone groups is 1. The molecule has 0 spiro atoms. The van der Waals surface area contributed by atoms with Gasteiger partial charge in [-0.3, -0.25) is 9.20 Å². The summed E-state index contributed by atoms with van der Waals surface area (Å²) in [5, 5.41) is 6.42. The van der Waals surface area contributed by atoms with E-state index in [0.29, 0.717) is 0 Å². The van der Waals surface area contributed by atoms with Gasteiger partial charge in [0.2, 0.25) is 5.91 Å². The monoisotopic (exact) mass is 404 g/mol. The van der Waals surface area contributed by atoms with E-state index in [-0.39, 0.29) is 11.3 Å². The summed E-state index contributed by atoms with van der Waals surface area (Å²) in [5.74, 6) is 2.38. The average molecular weight is 405 g/mol. The minimum atomic E-state index is -0.177. The number of carbonyl (C=O) groups is 1. The molecule has 0 radical (unpaired) electrons. The molecule has 0 unspecified atom stereocenters. The second kappa shape index (κ2) is 6.52. The smallest absolute Gasteiger partial charge is 0.246 e. The highest BCUT2D eigenvalue weighted by atomic mass is 32.1. The summed E-state index contributed by atoms with van der Waals surface area (Å²) in [6.07, 6.45) is 10.9. The fraction of sp³-hybridized carbons (Fsp3) is 0.435. The summed E-state index contributed by atoms with van der Waals surface area (Å²) < 4.78 is 2.04. The normalized spacial score (nSPS) is 30.4. The molecule has 29 heavy (non-hydrogen) atoms. The van der Waals surface area contributed by atoms with E-state index < -0.39 is 0 Å². The molecular weight excluding hydrogens is 380 g/mol. The van der Waals surface area contributed by atoms with Crippen molar-refractivity contribution in [3.63, 3.8) is 0 Å². The van der Waals surface area contributed by atoms with Gasteiger partial charge < -0.3 is 0 Å². The highest BCUT2D eigenvalue weighted by Crippen LogP contribution is 2.60. The van der Waals surface area contributed by atoms with Gasteiger partial charge in [-0.25, -0.2) is 10.4 Å². The number of fused-ring (bicyclic) bond motifs is 1. The van der Waals surface area contributed by atoms with Gasteiger partial charge in [-0.1, -0.05) is 30.3 Å². The third-order valence-electron chi connectivity index (χ3n) is 7.22. The van der Waals surface area contributed by atoms with Crippen LogP contribution in [0.5, 0.6) is 0 Å². The molecule has 4 aliphatic rings. The topological polar surface area (TPSA) is 58.8 Å². The Morgan fingerprint density at radius 2 is 1.83 bits per heavy atom. The maximum atomic E-state index is 13.1. The third kappa shape index (κ3) is 2.84. The summed E-state index contributed by atoms with van der Waals surface area (Å²) >= 11 is 1.60. The number of carbonyl (C=O) groups excluding carboxylic acids is 1. The fourth-order valence-electron chi connectivity index (χ4n) is 6.39. The first-order valence-corrected chi connectivity index (χ1v) is 11.4. The molecule has 4 saturated carbocycles. The van der Waals surface area contributed by atoms with Crippen molar-refractivity contribution in [2.75, 3.05) is 0 Å². The van der Waals surface area contributed by atoms with Gasteiger partial charge in [-0.15, -0.1) is 11.3 Å². The van der Waals surface area contributed by atoms with E-state index in [9.17, 15) is 4.79 Å². The summed E-state index contributed by atoms with van der Waals surface area (Å²) in [6, 6.07) is 10.1. The highest BCUT2D eigenvalue weighted by Gasteiger charge is 2.54. The Balaban J connectivity index is 1.27. The average Bonchev–Trinajstić information content (AvgIpc) is 3.30. The molecule has 5 nitrogen and oxygen atoms in total. The van der Waals surface area contributed by atoms with E-state index in [4.69, 9.17) is 4.98 Å². The molecule has 4 aliphatic carbocycles. The first kappa shape index (κ1) is 17.4. The maximum Gasteiger partial charge on any atom is 0.246 e. The van der Waals surface area contributed by atoms with Crippen LogP contribution in [0.4, 0.5) is 0 Å². The zero-order chi connectivity index (χ0) is 19.4. The van der Waals surface area contributed by atoms with Crippen LogP contribution in [0.1, 0.15) is 44.2 Å². The number of benzene rings is 1. The second-order valence-corrected chi connectivity index (χ2v) is 10.0. The zero-order valence-corrected chi connectivity index (χ0v) is 17.1. The molecular formula is C23H24N4OS. The van der Waals surface area contributed by atoms with Crippen LogP contribution >= 0.6 is 11.3 Å². The van der Waals surface area contributed by atoms with Crippen LogP contribution in [0.3, 0.4) is 0 Å². The highest BCUT2D eigenvalue weighted by molar-refractivity contribution is 7.15. The Hall–Kier alpha value is -2.47. The molecule has 4 bridgehead atoms. The lowest BCUT2D eigenvalue weighted by Gasteiger charge is -2.55. The molecule has 1 N–H and O–H groups in total. The molecule has 7 rings (SSSR count). The van der Waals surface area contributed by atoms with Crippen molar-refractivity contribution >= 4 is 28.4 Å². The predicted molar refractivity (Wildman–Crippen MR) is 115 cm³/mol. The summed E-state index contributed by atoms with van der Waals surface area (Å²) in [7, 11) is 0. The lowest BCUT2D eigenvalue weighted by atomic mass is 9.49. The van der Waals surface area contributed by atoms with Gasteiger partial charge in [0.25, 0.3) is 0 Å². The Bertz CT molecular complexity index is 1060. The van der Waals surface area contributed by atoms with E-state index in [1.165, 1.54) is 19.3 Å². The van der Waals surface area contributed by atoms with Crippen molar-refractivity contribution in [1.82, 2.24) is 14.8 Å². The zero-order valence-electron chi connectivity index (χ0n) is 16.3. The van der Waals surface area contributed by atoms with Crippen LogP contribution < -0.4 is 5.43 Å². The molecule has 4 fully saturated rings. The van der Waals surface area contributed by atoms with Crippen LogP contribution in [-0.2, 0) is 4.79 Å². The number of hydrogen-bond donors (Lipinski definition) is 1. The minimum absolute atomic E-state index is 0.125. The number of rotatable bonds is 4. The molecule has 148 valence electrons. The van der Waals surface area contributed by atoms with Gasteiger partial charge in [0.05, 0.1) is 23.0 Å². The van der Waals surface area contributed by atoms with Gasteiger partial charge in [0, 0.05) is 17.1 Å². The van der Waals surface area contributed by atoms with Crippen molar-refractivity contribution in [2.45, 2.75) is 38.5 Å². The lowest BCUT2D eigenvalue weighted by molar-refractivity contribution is -0.146. The van der Waals surface area contributed by atoms with Gasteiger partial charge in [-0.05, 0) is 56.3 Å². The summed E-state index contributed by atoms with van der Waals surface area (Å²) in [4.78, 5) is 18.8. The molecule has 6 heteroatoms. The molecule has 0 saturated heterocycles. The molecule has 3 aromatic rings. The van der Waals surface area contributed by atoms with Crippen molar-refractivity contribution in [3.8, 4) is 11.3 Å². The van der Waals surface area contributed by atoms with Gasteiger partial charge in [0.15, 0.2) is 4.96 Å². The van der Waals surface area contributed by atoms with E-state index in [2.05, 4.69) is 22.7 Å². The SMILES string of the molecule is O=C(NN=Cc1c(-c2ccccc2)nc2sccn12)C12CC3CC(CC(C3)C1)C2. The van der Waals surface area contributed by atoms with Gasteiger partial charge in [0.1, 0.15) is 0 Å². The van der Waals surface area contributed by atoms with Crippen molar-refractivity contribution in [1.29, 1.82) is 0 Å². The number of thiazole rings is 1. The Morgan fingerprint density at radius 3 is 2.52 bits per heavy atom. The third-order valence-corrected chi connectivity index (χ3v) is 7.98. The van der Waals surface area contributed by atoms with Crippen LogP contribution in [0.15, 0.2) is 47.0 Å². The van der Waals surface area contributed by atoms with Gasteiger partial charge in [-0.2, -0.15) is 5.10 Å². The number of hydrogen-bond acceptors (Lipinski definition) is 4. The van der Waals surface area contributed by atoms with E-state index in [1.807, 2.05) is 34.2 Å². The predicted octanol–water partition coefficient (Wildman–Crippen LogP) is 4.73. The van der Waals surface area contributed by atoms with Crippen molar-refractivity contribution < 1.29 is 4.79 Å². The van der Waals surface area contributed by atoms with Crippen LogP contribution in [0, 0.1) is 23.2 Å². The standard InChI is InChI=1S/C23H24N4OS/c28-21(23-11-15-8-16(12-23)10-17(9-15)13-23)26-24-14-19-20(18-4-2-1-3-5-18)25-22-27(19)6-7-29-22/h1-7,14-17H,8-13H2,(H,26,28). The Kier molecular flexibility index (Phi) is 3.91. The van der Waals surface area contributed by atoms with E-state index >= 15 is 0 Å². The van der Waals surface area contributed by atoms with Crippen LogP contribution in [0.25, 0.3) is 16.2 Å². The quantitative estimate of drug-likeness (QED) is 0.505. The lowest BCUT2D eigenvalue weighted by Crippen LogP contribution is -2.52.